The maximum absolute atomic E-state index is 11.2. The van der Waals surface area contributed by atoms with Gasteiger partial charge in [0.1, 0.15) is 5.91 Å². The van der Waals surface area contributed by atoms with Crippen LogP contribution in [0.4, 0.5) is 0 Å². The zero-order chi connectivity index (χ0) is 20.0. The Labute approximate surface area is 154 Å². The van der Waals surface area contributed by atoms with Crippen LogP contribution >= 0.6 is 0 Å². The van der Waals surface area contributed by atoms with Gasteiger partial charge in [-0.2, -0.15) is 0 Å². The molecule has 0 amide bonds. The molecule has 0 fully saturated rings. The van der Waals surface area contributed by atoms with Gasteiger partial charge in [-0.05, 0) is 48.0 Å². The number of esters is 1. The molecule has 0 atom stereocenters. The Bertz CT molecular complexity index is 409. The van der Waals surface area contributed by atoms with Crippen LogP contribution in [0, 0.1) is 0 Å². The zero-order valence-corrected chi connectivity index (χ0v) is 17.9. The number of hydrogen-bond acceptors (Lipinski definition) is 5. The van der Waals surface area contributed by atoms with E-state index in [0.717, 1.165) is 12.5 Å². The van der Waals surface area contributed by atoms with E-state index in [2.05, 4.69) is 13.2 Å². The number of rotatable bonds is 11. The van der Waals surface area contributed by atoms with Crippen molar-refractivity contribution in [1.29, 1.82) is 0 Å². The van der Waals surface area contributed by atoms with Crippen molar-refractivity contribution < 1.29 is 28.9 Å². The summed E-state index contributed by atoms with van der Waals surface area (Å²) in [6.07, 6.45) is 1.22. The lowest BCUT2D eigenvalue weighted by atomic mass is 10.4. The van der Waals surface area contributed by atoms with E-state index in [0.29, 0.717) is 12.2 Å². The Morgan fingerprint density at radius 3 is 1.76 bits per heavy atom. The van der Waals surface area contributed by atoms with Crippen molar-refractivity contribution in [2.45, 2.75) is 72.1 Å². The highest BCUT2D eigenvalue weighted by molar-refractivity contribution is 6.36. The maximum Gasteiger partial charge on any atom is 0.333 e. The highest BCUT2D eigenvalue weighted by Gasteiger charge is 2.13. The van der Waals surface area contributed by atoms with Crippen molar-refractivity contribution >= 4 is 21.5 Å². The van der Waals surface area contributed by atoms with Crippen LogP contribution in [0.1, 0.15) is 48.0 Å². The van der Waals surface area contributed by atoms with Crippen LogP contribution in [0.25, 0.3) is 0 Å². The number of carboxylic acids is 1. The second-order valence-electron chi connectivity index (χ2n) is 6.30. The predicted octanol–water partition coefficient (Wildman–Crippen LogP) is 2.86. The van der Waals surface area contributed by atoms with Gasteiger partial charge in [0.25, 0.3) is 0 Å². The van der Waals surface area contributed by atoms with E-state index in [4.69, 9.17) is 19.3 Å². The normalized spacial score (nSPS) is 10.9. The summed E-state index contributed by atoms with van der Waals surface area (Å²) in [6, 6.07) is 1.04. The molecule has 25 heavy (non-hydrogen) atoms. The van der Waals surface area contributed by atoms with Gasteiger partial charge in [0.2, 0.25) is 0 Å². The smallest absolute Gasteiger partial charge is 0.333 e. The van der Waals surface area contributed by atoms with Crippen LogP contribution < -0.4 is 0 Å². The Kier molecular flexibility index (Phi) is 15.3. The van der Waals surface area contributed by atoms with Crippen LogP contribution in [0.5, 0.6) is 0 Å². The van der Waals surface area contributed by atoms with E-state index < -0.39 is 15.5 Å². The van der Waals surface area contributed by atoms with Gasteiger partial charge in [-0.25, -0.2) is 9.59 Å². The number of carbonyl (C=O) groups excluding carboxylic acids is 1. The van der Waals surface area contributed by atoms with E-state index in [1.165, 1.54) is 6.92 Å². The molecule has 0 spiro atoms. The minimum Gasteiger partial charge on any atom is -0.478 e. The molecule has 6 nitrogen and oxygen atoms in total. The maximum atomic E-state index is 11.2. The largest absolute Gasteiger partial charge is 0.478 e. The van der Waals surface area contributed by atoms with Crippen LogP contribution in [-0.4, -0.2) is 51.3 Å². The molecular weight excluding hydrogens is 340 g/mol. The summed E-state index contributed by atoms with van der Waals surface area (Å²) in [7, 11) is -0.483. The Morgan fingerprint density at radius 1 is 1.00 bits per heavy atom. The minimum atomic E-state index is -0.935. The lowest BCUT2D eigenvalue weighted by Gasteiger charge is -2.22. The second kappa shape index (κ2) is 14.9. The van der Waals surface area contributed by atoms with Gasteiger partial charge in [0.05, 0.1) is 28.3 Å². The second-order valence-corrected chi connectivity index (χ2v) is 8.25. The van der Waals surface area contributed by atoms with E-state index >= 15 is 0 Å². The van der Waals surface area contributed by atoms with E-state index in [1.54, 1.807) is 6.92 Å². The molecule has 1 N–H and O–H groups in total. The molecule has 0 saturated carbocycles. The Morgan fingerprint density at radius 2 is 1.44 bits per heavy atom. The molecule has 0 aromatic rings. The van der Waals surface area contributed by atoms with Crippen molar-refractivity contribution in [1.82, 2.24) is 0 Å². The molecular formula is C18H34O6Si. The van der Waals surface area contributed by atoms with Gasteiger partial charge >= 0.3 is 11.9 Å². The molecule has 0 bridgehead atoms. The van der Waals surface area contributed by atoms with Crippen molar-refractivity contribution in [3.63, 3.8) is 0 Å². The molecule has 146 valence electrons. The lowest BCUT2D eigenvalue weighted by Crippen LogP contribution is -2.30. The van der Waals surface area contributed by atoms with E-state index in [1.807, 2.05) is 27.7 Å². The van der Waals surface area contributed by atoms with Crippen LogP contribution in [0.2, 0.25) is 6.04 Å². The quantitative estimate of drug-likeness (QED) is 0.197. The molecule has 0 aliphatic heterocycles. The molecule has 0 aliphatic rings. The van der Waals surface area contributed by atoms with Gasteiger partial charge in [-0.3, -0.25) is 0 Å². The first-order valence-electron chi connectivity index (χ1n) is 8.49. The van der Waals surface area contributed by atoms with Gasteiger partial charge in [0.15, 0.2) is 0 Å². The average molecular weight is 375 g/mol. The third kappa shape index (κ3) is 18.7. The highest BCUT2D eigenvalue weighted by Crippen LogP contribution is 2.06. The SMILES string of the molecule is C=C(C)C(=O)O.C=C(C)C(=O)OCCC[SiH2]C(OC(C)C)OC(C)C. The summed E-state index contributed by atoms with van der Waals surface area (Å²) in [5, 5.41) is 7.89. The van der Waals surface area contributed by atoms with E-state index in [9.17, 15) is 9.59 Å². The van der Waals surface area contributed by atoms with Crippen LogP contribution in [0.15, 0.2) is 24.3 Å². The first-order chi connectivity index (χ1) is 11.5. The first kappa shape index (κ1) is 25.8. The standard InChI is InChI=1S/C14H28O4Si.C4H6O2/c1-10(2)13(15)16-8-7-9-19-14(17-11(3)4)18-12(5)6;1-3(2)4(5)6/h11-12,14H,1,7-9,19H2,2-6H3;1H2,2H3,(H,5,6). The van der Waals surface area contributed by atoms with Crippen LogP contribution in [0.3, 0.4) is 0 Å². The van der Waals surface area contributed by atoms with Crippen molar-refractivity contribution in [3.8, 4) is 0 Å². The fraction of sp³-hybridized carbons (Fsp3) is 0.667. The zero-order valence-electron chi connectivity index (χ0n) is 16.5. The van der Waals surface area contributed by atoms with Gasteiger partial charge in [-0.1, -0.05) is 19.2 Å². The summed E-state index contributed by atoms with van der Waals surface area (Å²) in [4.78, 5) is 20.8. The van der Waals surface area contributed by atoms with Crippen LogP contribution in [-0.2, 0) is 23.8 Å². The van der Waals surface area contributed by atoms with Gasteiger partial charge in [0, 0.05) is 11.1 Å². The lowest BCUT2D eigenvalue weighted by molar-refractivity contribution is -0.139. The Hall–Kier alpha value is -1.44. The summed E-state index contributed by atoms with van der Waals surface area (Å²) in [5.41, 5.74) is 0.622. The van der Waals surface area contributed by atoms with Crippen molar-refractivity contribution in [2.75, 3.05) is 6.61 Å². The van der Waals surface area contributed by atoms with E-state index in [-0.39, 0.29) is 29.7 Å². The fourth-order valence-electron chi connectivity index (χ4n) is 1.48. The van der Waals surface area contributed by atoms with Gasteiger partial charge in [-0.15, -0.1) is 0 Å². The molecule has 0 rings (SSSR count). The molecule has 0 heterocycles. The monoisotopic (exact) mass is 374 g/mol. The van der Waals surface area contributed by atoms with Gasteiger partial charge < -0.3 is 19.3 Å². The molecule has 7 heteroatoms. The topological polar surface area (TPSA) is 82.1 Å². The molecule has 0 saturated heterocycles. The molecule has 0 aliphatic carbocycles. The first-order valence-corrected chi connectivity index (χ1v) is 10.3. The highest BCUT2D eigenvalue weighted by atomic mass is 28.2. The summed E-state index contributed by atoms with van der Waals surface area (Å²) < 4.78 is 16.5. The Balaban J connectivity index is 0. The number of carboxylic acid groups (broad SMARTS) is 1. The van der Waals surface area contributed by atoms with Crippen molar-refractivity contribution in [2.24, 2.45) is 0 Å². The molecule has 0 aromatic carbocycles. The number of hydrogen-bond donors (Lipinski definition) is 1. The number of carbonyl (C=O) groups is 2. The molecule has 0 radical (unpaired) electrons. The molecule has 0 unspecified atom stereocenters. The number of aliphatic carboxylic acids is 1. The number of ether oxygens (including phenoxy) is 3. The minimum absolute atomic E-state index is 0.0446. The summed E-state index contributed by atoms with van der Waals surface area (Å²) in [6.45, 7) is 18.3. The third-order valence-corrected chi connectivity index (χ3v) is 4.39. The summed E-state index contributed by atoms with van der Waals surface area (Å²) >= 11 is 0. The fourth-order valence-corrected chi connectivity index (χ4v) is 3.34. The predicted molar refractivity (Wildman–Crippen MR) is 102 cm³/mol. The van der Waals surface area contributed by atoms with Crippen molar-refractivity contribution in [3.05, 3.63) is 24.3 Å². The summed E-state index contributed by atoms with van der Waals surface area (Å²) in [5.74, 6) is -1.29. The average Bonchev–Trinajstić information content (AvgIpc) is 2.45. The molecule has 0 aromatic heterocycles. The third-order valence-electron chi connectivity index (χ3n) is 2.63.